The Hall–Kier alpha value is -2.56. The number of anilines is 1. The molecule has 0 atom stereocenters. The van der Waals surface area contributed by atoms with Crippen molar-refractivity contribution in [3.63, 3.8) is 0 Å². The lowest BCUT2D eigenvalue weighted by Gasteiger charge is -2.06. The standard InChI is InChI=1S/C18H15N5O2S3/c1-26-12-5-2-4-11(8-12)19-16(24)10-28-18-21-20-17(25)14-9-13(22-23(14)18)15-6-3-7-27-15/h2-9H,10H2,1H3,(H,19,24)(H,20,25). The molecule has 3 heterocycles. The lowest BCUT2D eigenvalue weighted by atomic mass is 10.3. The van der Waals surface area contributed by atoms with Crippen molar-refractivity contribution >= 4 is 52.0 Å². The summed E-state index contributed by atoms with van der Waals surface area (Å²) in [5.74, 6) is -0.0127. The molecule has 28 heavy (non-hydrogen) atoms. The maximum Gasteiger partial charge on any atom is 0.290 e. The predicted molar refractivity (Wildman–Crippen MR) is 114 cm³/mol. The predicted octanol–water partition coefficient (Wildman–Crippen LogP) is 3.60. The number of nitrogens with zero attached hydrogens (tertiary/aromatic N) is 3. The van der Waals surface area contributed by atoms with Gasteiger partial charge in [-0.05, 0) is 42.0 Å². The van der Waals surface area contributed by atoms with Gasteiger partial charge in [-0.3, -0.25) is 9.59 Å². The van der Waals surface area contributed by atoms with Gasteiger partial charge in [0.15, 0.2) is 0 Å². The molecular formula is C18H15N5O2S3. The van der Waals surface area contributed by atoms with Crippen LogP contribution in [0.3, 0.4) is 0 Å². The third kappa shape index (κ3) is 3.98. The van der Waals surface area contributed by atoms with E-state index in [0.717, 1.165) is 15.5 Å². The van der Waals surface area contributed by atoms with E-state index in [-0.39, 0.29) is 17.2 Å². The normalized spacial score (nSPS) is 11.0. The van der Waals surface area contributed by atoms with Crippen LogP contribution in [0, 0.1) is 0 Å². The minimum atomic E-state index is -0.321. The summed E-state index contributed by atoms with van der Waals surface area (Å²) >= 11 is 4.37. The number of fused-ring (bicyclic) bond motifs is 1. The average Bonchev–Trinajstić information content (AvgIpc) is 3.38. The van der Waals surface area contributed by atoms with Gasteiger partial charge in [0.2, 0.25) is 11.1 Å². The van der Waals surface area contributed by atoms with Gasteiger partial charge in [-0.1, -0.05) is 23.9 Å². The number of aromatic nitrogens is 4. The molecule has 0 aliphatic heterocycles. The molecule has 2 N–H and O–H groups in total. The summed E-state index contributed by atoms with van der Waals surface area (Å²) in [6, 6.07) is 13.3. The van der Waals surface area contributed by atoms with Crippen molar-refractivity contribution < 1.29 is 4.79 Å². The van der Waals surface area contributed by atoms with Crippen molar-refractivity contribution in [1.29, 1.82) is 0 Å². The van der Waals surface area contributed by atoms with E-state index in [1.807, 2.05) is 48.0 Å². The summed E-state index contributed by atoms with van der Waals surface area (Å²) in [6.45, 7) is 0. The van der Waals surface area contributed by atoms with Gasteiger partial charge in [0.1, 0.15) is 11.2 Å². The summed E-state index contributed by atoms with van der Waals surface area (Å²) in [5, 5.41) is 16.3. The van der Waals surface area contributed by atoms with Gasteiger partial charge in [0.25, 0.3) is 5.56 Å². The first-order valence-electron chi connectivity index (χ1n) is 8.23. The van der Waals surface area contributed by atoms with E-state index < -0.39 is 0 Å². The van der Waals surface area contributed by atoms with Crippen molar-refractivity contribution in [1.82, 2.24) is 19.8 Å². The molecule has 0 unspecified atom stereocenters. The molecule has 10 heteroatoms. The van der Waals surface area contributed by atoms with Gasteiger partial charge in [-0.15, -0.1) is 28.2 Å². The Morgan fingerprint density at radius 2 is 2.18 bits per heavy atom. The maximum absolute atomic E-state index is 12.3. The highest BCUT2D eigenvalue weighted by Gasteiger charge is 2.14. The van der Waals surface area contributed by atoms with Gasteiger partial charge >= 0.3 is 0 Å². The number of rotatable bonds is 6. The average molecular weight is 430 g/mol. The van der Waals surface area contributed by atoms with E-state index in [9.17, 15) is 9.59 Å². The third-order valence-corrected chi connectivity index (χ3v) is 6.38. The monoisotopic (exact) mass is 429 g/mol. The van der Waals surface area contributed by atoms with Crippen LogP contribution in [0.5, 0.6) is 0 Å². The van der Waals surface area contributed by atoms with Crippen molar-refractivity contribution in [2.24, 2.45) is 0 Å². The first-order valence-corrected chi connectivity index (χ1v) is 11.3. The Morgan fingerprint density at radius 1 is 1.29 bits per heavy atom. The third-order valence-electron chi connectivity index (χ3n) is 3.84. The summed E-state index contributed by atoms with van der Waals surface area (Å²) < 4.78 is 1.49. The van der Waals surface area contributed by atoms with Gasteiger partial charge in [-0.25, -0.2) is 9.61 Å². The van der Waals surface area contributed by atoms with E-state index in [1.165, 1.54) is 16.3 Å². The minimum absolute atomic E-state index is 0.145. The summed E-state index contributed by atoms with van der Waals surface area (Å²) in [4.78, 5) is 26.4. The second-order valence-electron chi connectivity index (χ2n) is 5.71. The Morgan fingerprint density at radius 3 is 2.96 bits per heavy atom. The highest BCUT2D eigenvalue weighted by molar-refractivity contribution is 7.99. The Balaban J connectivity index is 1.52. The number of H-pyrrole nitrogens is 1. The van der Waals surface area contributed by atoms with E-state index in [4.69, 9.17) is 0 Å². The molecule has 3 aromatic heterocycles. The van der Waals surface area contributed by atoms with E-state index in [0.29, 0.717) is 16.4 Å². The maximum atomic E-state index is 12.3. The molecular weight excluding hydrogens is 414 g/mol. The van der Waals surface area contributed by atoms with Crippen LogP contribution >= 0.6 is 34.9 Å². The molecule has 142 valence electrons. The van der Waals surface area contributed by atoms with Crippen molar-refractivity contribution in [2.45, 2.75) is 10.1 Å². The van der Waals surface area contributed by atoms with Crippen LogP contribution in [0.25, 0.3) is 16.1 Å². The van der Waals surface area contributed by atoms with Gasteiger partial charge in [0.05, 0.1) is 10.6 Å². The molecule has 0 saturated carbocycles. The largest absolute Gasteiger partial charge is 0.325 e. The number of carbonyl (C=O) groups excluding carboxylic acids is 1. The molecule has 0 bridgehead atoms. The number of amides is 1. The van der Waals surface area contributed by atoms with Gasteiger partial charge in [0, 0.05) is 10.6 Å². The molecule has 0 aliphatic rings. The molecule has 0 radical (unpaired) electrons. The first-order chi connectivity index (χ1) is 13.6. The minimum Gasteiger partial charge on any atom is -0.325 e. The molecule has 1 amide bonds. The van der Waals surface area contributed by atoms with Gasteiger partial charge in [-0.2, -0.15) is 5.10 Å². The fraction of sp³-hybridized carbons (Fsp3) is 0.111. The van der Waals surface area contributed by atoms with Crippen LogP contribution in [-0.4, -0.2) is 37.7 Å². The van der Waals surface area contributed by atoms with Crippen LogP contribution in [0.2, 0.25) is 0 Å². The molecule has 0 fully saturated rings. The second-order valence-corrected chi connectivity index (χ2v) is 8.48. The molecule has 4 rings (SSSR count). The number of carbonyl (C=O) groups is 1. The van der Waals surface area contributed by atoms with Crippen molar-refractivity contribution in [3.05, 3.63) is 58.2 Å². The number of nitrogens with one attached hydrogen (secondary N) is 2. The van der Waals surface area contributed by atoms with Crippen molar-refractivity contribution in [3.8, 4) is 10.6 Å². The fourth-order valence-electron chi connectivity index (χ4n) is 2.56. The Bertz CT molecular complexity index is 1180. The smallest absolute Gasteiger partial charge is 0.290 e. The highest BCUT2D eigenvalue weighted by atomic mass is 32.2. The molecule has 0 saturated heterocycles. The quantitative estimate of drug-likeness (QED) is 0.455. The molecule has 4 aromatic rings. The zero-order chi connectivity index (χ0) is 19.5. The van der Waals surface area contributed by atoms with Crippen LogP contribution in [0.4, 0.5) is 5.69 Å². The Kier molecular flexibility index (Phi) is 5.51. The molecule has 0 aliphatic carbocycles. The van der Waals surface area contributed by atoms with E-state index >= 15 is 0 Å². The summed E-state index contributed by atoms with van der Waals surface area (Å²) in [5.41, 5.74) is 1.52. The molecule has 1 aromatic carbocycles. The summed E-state index contributed by atoms with van der Waals surface area (Å²) in [7, 11) is 0. The number of thioether (sulfide) groups is 2. The highest BCUT2D eigenvalue weighted by Crippen LogP contribution is 2.25. The fourth-order valence-corrected chi connectivity index (χ4v) is 4.40. The second kappa shape index (κ2) is 8.21. The number of hydrogen-bond acceptors (Lipinski definition) is 7. The number of hydrogen-bond donors (Lipinski definition) is 2. The Labute approximate surface area is 172 Å². The first kappa shape index (κ1) is 18.8. The van der Waals surface area contributed by atoms with Gasteiger partial charge < -0.3 is 5.32 Å². The van der Waals surface area contributed by atoms with E-state index in [2.05, 4.69) is 20.6 Å². The number of aromatic amines is 1. The van der Waals surface area contributed by atoms with Crippen LogP contribution in [-0.2, 0) is 4.79 Å². The van der Waals surface area contributed by atoms with Crippen LogP contribution in [0.1, 0.15) is 0 Å². The number of thiophene rings is 1. The van der Waals surface area contributed by atoms with E-state index in [1.54, 1.807) is 29.2 Å². The SMILES string of the molecule is CSc1cccc(NC(=O)CSc2n[nH]c(=O)c3cc(-c4cccs4)nn23)c1. The zero-order valence-corrected chi connectivity index (χ0v) is 17.2. The lowest BCUT2D eigenvalue weighted by molar-refractivity contribution is -0.113. The van der Waals surface area contributed by atoms with Crippen molar-refractivity contribution in [2.75, 3.05) is 17.3 Å². The van der Waals surface area contributed by atoms with Crippen LogP contribution < -0.4 is 10.9 Å². The zero-order valence-electron chi connectivity index (χ0n) is 14.7. The van der Waals surface area contributed by atoms with Crippen LogP contribution in [0.15, 0.2) is 62.7 Å². The lowest BCUT2D eigenvalue weighted by Crippen LogP contribution is -2.17. The number of benzene rings is 1. The molecule has 7 nitrogen and oxygen atoms in total. The molecule has 0 spiro atoms. The topological polar surface area (TPSA) is 92.1 Å². The summed E-state index contributed by atoms with van der Waals surface area (Å²) in [6.07, 6.45) is 1.98.